The normalized spacial score (nSPS) is 15.6. The number of piperidine rings is 1. The third-order valence-electron chi connectivity index (χ3n) is 6.19. The van der Waals surface area contributed by atoms with Crippen molar-refractivity contribution in [3.05, 3.63) is 77.3 Å². The van der Waals surface area contributed by atoms with Crippen LogP contribution in [0.15, 0.2) is 66.0 Å². The standard InChI is InChI=1S/C23H24BClN6O2S/c24-18-15-28-31-22(27-14-16-4-3-9-26-13-16)12-20(29-23(18)31)17-7-10-30(11-8-17)34(32,33)21-6-2-1-5-19(21)25/h1-6,9,12-13,15,17,27H,7-8,10-11,14,24H2. The maximum Gasteiger partial charge on any atom is 0.244 e. The van der Waals surface area contributed by atoms with Crippen molar-refractivity contribution in [2.24, 2.45) is 0 Å². The smallest absolute Gasteiger partial charge is 0.244 e. The average Bonchev–Trinajstić information content (AvgIpc) is 3.24. The predicted molar refractivity (Wildman–Crippen MR) is 135 cm³/mol. The minimum absolute atomic E-state index is 0.149. The van der Waals surface area contributed by atoms with E-state index in [0.717, 1.165) is 28.2 Å². The SMILES string of the molecule is Bc1cnn2c(NCc3cccnc3)cc(C3CCN(S(=O)(=O)c4ccccc4Cl)CC3)nc12. The Kier molecular flexibility index (Phi) is 6.29. The van der Waals surface area contributed by atoms with Gasteiger partial charge >= 0.3 is 0 Å². The number of fused-ring (bicyclic) bond motifs is 1. The van der Waals surface area contributed by atoms with Crippen LogP contribution in [0.1, 0.15) is 30.0 Å². The summed E-state index contributed by atoms with van der Waals surface area (Å²) in [5, 5.41) is 8.18. The highest BCUT2D eigenvalue weighted by Crippen LogP contribution is 2.32. The molecule has 174 valence electrons. The van der Waals surface area contributed by atoms with Crippen molar-refractivity contribution in [1.82, 2.24) is 23.9 Å². The molecule has 1 aliphatic rings. The van der Waals surface area contributed by atoms with Gasteiger partial charge in [0, 0.05) is 55.9 Å². The number of nitrogens with zero attached hydrogens (tertiary/aromatic N) is 5. The molecule has 3 aromatic heterocycles. The Hall–Kier alpha value is -2.95. The largest absolute Gasteiger partial charge is 0.366 e. The maximum absolute atomic E-state index is 13.1. The van der Waals surface area contributed by atoms with E-state index in [4.69, 9.17) is 16.6 Å². The van der Waals surface area contributed by atoms with Gasteiger partial charge in [0.1, 0.15) is 18.6 Å². The third kappa shape index (κ3) is 4.40. The first kappa shape index (κ1) is 22.8. The van der Waals surface area contributed by atoms with E-state index in [0.29, 0.717) is 32.5 Å². The summed E-state index contributed by atoms with van der Waals surface area (Å²) in [5.74, 6) is 0.999. The highest BCUT2D eigenvalue weighted by Gasteiger charge is 2.32. The topological polar surface area (TPSA) is 92.5 Å². The van der Waals surface area contributed by atoms with E-state index >= 15 is 0 Å². The number of aromatic nitrogens is 4. The number of halogens is 1. The van der Waals surface area contributed by atoms with Gasteiger partial charge in [-0.3, -0.25) is 4.98 Å². The first-order chi connectivity index (χ1) is 16.4. The van der Waals surface area contributed by atoms with Gasteiger partial charge in [-0.2, -0.15) is 13.9 Å². The average molecular weight is 495 g/mol. The summed E-state index contributed by atoms with van der Waals surface area (Å²) in [7, 11) is -1.64. The number of anilines is 1. The molecule has 4 heterocycles. The van der Waals surface area contributed by atoms with Gasteiger partial charge < -0.3 is 5.32 Å². The fraction of sp³-hybridized carbons (Fsp3) is 0.261. The van der Waals surface area contributed by atoms with Crippen LogP contribution in [0, 0.1) is 0 Å². The van der Waals surface area contributed by atoms with Crippen LogP contribution in [-0.4, -0.2) is 53.2 Å². The Labute approximate surface area is 204 Å². The lowest BCUT2D eigenvalue weighted by Crippen LogP contribution is -2.38. The summed E-state index contributed by atoms with van der Waals surface area (Å²) in [5.41, 5.74) is 3.80. The number of rotatable bonds is 6. The first-order valence-electron chi connectivity index (χ1n) is 11.2. The van der Waals surface area contributed by atoms with E-state index in [9.17, 15) is 8.42 Å². The molecule has 1 aliphatic heterocycles. The van der Waals surface area contributed by atoms with Crippen molar-refractivity contribution in [2.75, 3.05) is 18.4 Å². The van der Waals surface area contributed by atoms with Crippen LogP contribution in [0.2, 0.25) is 5.02 Å². The van der Waals surface area contributed by atoms with E-state index in [-0.39, 0.29) is 15.8 Å². The Morgan fingerprint density at radius 3 is 2.65 bits per heavy atom. The van der Waals surface area contributed by atoms with Gasteiger partial charge in [-0.05, 0) is 42.1 Å². The fourth-order valence-corrected chi connectivity index (χ4v) is 6.27. The molecule has 4 aromatic rings. The molecular weight excluding hydrogens is 471 g/mol. The summed E-state index contributed by atoms with van der Waals surface area (Å²) < 4.78 is 29.6. The van der Waals surface area contributed by atoms with Crippen molar-refractivity contribution in [1.29, 1.82) is 0 Å². The van der Waals surface area contributed by atoms with E-state index in [1.807, 2.05) is 36.8 Å². The van der Waals surface area contributed by atoms with Gasteiger partial charge in [-0.1, -0.05) is 29.8 Å². The number of sulfonamides is 1. The Bertz CT molecular complexity index is 1420. The number of pyridine rings is 1. The molecule has 0 radical (unpaired) electrons. The molecular formula is C23H24BClN6O2S. The molecule has 1 N–H and O–H groups in total. The molecule has 34 heavy (non-hydrogen) atoms. The van der Waals surface area contributed by atoms with E-state index < -0.39 is 10.0 Å². The van der Waals surface area contributed by atoms with Crippen molar-refractivity contribution >= 4 is 46.4 Å². The van der Waals surface area contributed by atoms with Gasteiger partial charge in [0.2, 0.25) is 10.0 Å². The second-order valence-electron chi connectivity index (χ2n) is 8.45. The van der Waals surface area contributed by atoms with Gasteiger partial charge in [0.25, 0.3) is 0 Å². The minimum atomic E-state index is -3.63. The molecule has 0 spiro atoms. The van der Waals surface area contributed by atoms with E-state index in [2.05, 4.69) is 15.4 Å². The van der Waals surface area contributed by atoms with Crippen LogP contribution in [0.3, 0.4) is 0 Å². The van der Waals surface area contributed by atoms with Crippen LogP contribution >= 0.6 is 11.6 Å². The van der Waals surface area contributed by atoms with Crippen LogP contribution in [0.4, 0.5) is 5.82 Å². The molecule has 0 aliphatic carbocycles. The molecule has 0 saturated carbocycles. The van der Waals surface area contributed by atoms with Gasteiger partial charge in [-0.25, -0.2) is 13.4 Å². The molecule has 0 bridgehead atoms. The molecule has 11 heteroatoms. The number of nitrogens with one attached hydrogen (secondary N) is 1. The van der Waals surface area contributed by atoms with Gasteiger partial charge in [0.05, 0.1) is 5.02 Å². The van der Waals surface area contributed by atoms with Crippen molar-refractivity contribution in [3.63, 3.8) is 0 Å². The number of benzene rings is 1. The third-order valence-corrected chi connectivity index (χ3v) is 8.59. The minimum Gasteiger partial charge on any atom is -0.366 e. The summed E-state index contributed by atoms with van der Waals surface area (Å²) in [6.45, 7) is 1.45. The molecule has 0 unspecified atom stereocenters. The Balaban J connectivity index is 1.37. The van der Waals surface area contributed by atoms with Crippen LogP contribution in [0.25, 0.3) is 5.65 Å². The molecule has 1 saturated heterocycles. The zero-order valence-corrected chi connectivity index (χ0v) is 20.3. The van der Waals surface area contributed by atoms with Crippen LogP contribution in [-0.2, 0) is 16.6 Å². The van der Waals surface area contributed by atoms with Crippen molar-refractivity contribution in [3.8, 4) is 0 Å². The van der Waals surface area contributed by atoms with Crippen molar-refractivity contribution < 1.29 is 8.42 Å². The number of hydrogen-bond acceptors (Lipinski definition) is 6. The Morgan fingerprint density at radius 1 is 1.12 bits per heavy atom. The van der Waals surface area contributed by atoms with E-state index in [1.165, 1.54) is 4.31 Å². The first-order valence-corrected chi connectivity index (χ1v) is 13.0. The zero-order chi connectivity index (χ0) is 23.7. The van der Waals surface area contributed by atoms with Gasteiger partial charge in [0.15, 0.2) is 5.65 Å². The lowest BCUT2D eigenvalue weighted by Gasteiger charge is -2.31. The number of hydrogen-bond donors (Lipinski definition) is 1. The molecule has 5 rings (SSSR count). The molecule has 0 amide bonds. The molecule has 0 atom stereocenters. The Morgan fingerprint density at radius 2 is 1.91 bits per heavy atom. The monoisotopic (exact) mass is 494 g/mol. The summed E-state index contributed by atoms with van der Waals surface area (Å²) >= 11 is 6.17. The van der Waals surface area contributed by atoms with Crippen LogP contribution in [0.5, 0.6) is 0 Å². The quantitative estimate of drug-likeness (QED) is 0.413. The van der Waals surface area contributed by atoms with E-state index in [1.54, 1.807) is 36.7 Å². The second kappa shape index (κ2) is 9.36. The summed E-state index contributed by atoms with van der Waals surface area (Å²) in [4.78, 5) is 9.22. The maximum atomic E-state index is 13.1. The lowest BCUT2D eigenvalue weighted by atomic mass is 9.94. The predicted octanol–water partition coefficient (Wildman–Crippen LogP) is 2.22. The van der Waals surface area contributed by atoms with Crippen LogP contribution < -0.4 is 10.8 Å². The second-order valence-corrected chi connectivity index (χ2v) is 10.8. The summed E-state index contributed by atoms with van der Waals surface area (Å²) in [6, 6.07) is 12.5. The molecule has 1 aromatic carbocycles. The van der Waals surface area contributed by atoms with Gasteiger partial charge in [-0.15, -0.1) is 0 Å². The fourth-order valence-electron chi connectivity index (χ4n) is 4.31. The molecule has 8 nitrogen and oxygen atoms in total. The zero-order valence-electron chi connectivity index (χ0n) is 18.7. The highest BCUT2D eigenvalue weighted by molar-refractivity contribution is 7.89. The van der Waals surface area contributed by atoms with Crippen molar-refractivity contribution in [2.45, 2.75) is 30.2 Å². The lowest BCUT2D eigenvalue weighted by molar-refractivity contribution is 0.317. The summed E-state index contributed by atoms with van der Waals surface area (Å²) in [6.07, 6.45) is 6.75. The molecule has 1 fully saturated rings. The highest BCUT2D eigenvalue weighted by atomic mass is 35.5.